The van der Waals surface area contributed by atoms with Gasteiger partial charge in [-0.15, -0.1) is 0 Å². The fourth-order valence-corrected chi connectivity index (χ4v) is 3.99. The van der Waals surface area contributed by atoms with Crippen LogP contribution in [0.4, 0.5) is 0 Å². The molecule has 5 nitrogen and oxygen atoms in total. The van der Waals surface area contributed by atoms with Crippen LogP contribution in [0.3, 0.4) is 0 Å². The molecule has 1 fully saturated rings. The normalized spacial score (nSPS) is 16.8. The van der Waals surface area contributed by atoms with Crippen LogP contribution in [0.1, 0.15) is 35.1 Å². The lowest BCUT2D eigenvalue weighted by atomic mass is 9.73. The van der Waals surface area contributed by atoms with Gasteiger partial charge < -0.3 is 15.2 Å². The number of carboxylic acids is 1. The van der Waals surface area contributed by atoms with Crippen molar-refractivity contribution in [1.29, 1.82) is 0 Å². The van der Waals surface area contributed by atoms with Crippen LogP contribution >= 0.6 is 0 Å². The van der Waals surface area contributed by atoms with Crippen LogP contribution in [-0.4, -0.2) is 36.7 Å². The lowest BCUT2D eigenvalue weighted by molar-refractivity contribution is -0.142. The van der Waals surface area contributed by atoms with E-state index in [1.54, 1.807) is 0 Å². The summed E-state index contributed by atoms with van der Waals surface area (Å²) in [7, 11) is 0. The Balaban J connectivity index is 1.74. The van der Waals surface area contributed by atoms with Crippen molar-refractivity contribution in [2.24, 2.45) is 5.92 Å². The Hall–Kier alpha value is -2.66. The Kier molecular flexibility index (Phi) is 6.70. The van der Waals surface area contributed by atoms with Crippen LogP contribution in [0.5, 0.6) is 0 Å². The first-order valence-corrected chi connectivity index (χ1v) is 10.1. The second-order valence-electron chi connectivity index (χ2n) is 8.00. The third kappa shape index (κ3) is 5.04. The van der Waals surface area contributed by atoms with Crippen molar-refractivity contribution in [2.45, 2.75) is 38.5 Å². The molecule has 1 aliphatic heterocycles. The first kappa shape index (κ1) is 21.1. The Labute approximate surface area is 172 Å². The van der Waals surface area contributed by atoms with Gasteiger partial charge in [0.2, 0.25) is 5.91 Å². The number of benzene rings is 2. The molecule has 1 aliphatic rings. The first-order chi connectivity index (χ1) is 13.9. The molecule has 1 heterocycles. The Morgan fingerprint density at radius 1 is 1.07 bits per heavy atom. The van der Waals surface area contributed by atoms with Crippen molar-refractivity contribution in [3.63, 3.8) is 0 Å². The van der Waals surface area contributed by atoms with Crippen molar-refractivity contribution in [3.8, 4) is 0 Å². The number of hydrogen-bond donors (Lipinski definition) is 2. The number of amides is 1. The number of ether oxygens (including phenoxy) is 1. The van der Waals surface area contributed by atoms with E-state index < -0.39 is 17.3 Å². The number of aliphatic carboxylic acids is 1. The molecule has 29 heavy (non-hydrogen) atoms. The molecule has 0 spiro atoms. The number of carbonyl (C=O) groups excluding carboxylic acids is 1. The fraction of sp³-hybridized carbons (Fsp3) is 0.417. The summed E-state index contributed by atoms with van der Waals surface area (Å²) in [5.41, 5.74) is 3.50. The molecule has 1 saturated heterocycles. The quantitative estimate of drug-likeness (QED) is 0.753. The van der Waals surface area contributed by atoms with Gasteiger partial charge in [0.25, 0.3) is 0 Å². The molecule has 3 rings (SSSR count). The largest absolute Gasteiger partial charge is 0.481 e. The van der Waals surface area contributed by atoms with Gasteiger partial charge in [-0.05, 0) is 44.2 Å². The summed E-state index contributed by atoms with van der Waals surface area (Å²) in [5.74, 6) is -1.68. The molecule has 0 aromatic heterocycles. The summed E-state index contributed by atoms with van der Waals surface area (Å²) in [4.78, 5) is 25.1. The fourth-order valence-electron chi connectivity index (χ4n) is 3.99. The summed E-state index contributed by atoms with van der Waals surface area (Å²) in [5, 5.41) is 12.6. The minimum Gasteiger partial charge on any atom is -0.481 e. The maximum Gasteiger partial charge on any atom is 0.308 e. The SMILES string of the molecule is Cc1ccc(C2(C(=O)NCC(Cc3cccc(C)c3)C(=O)O)CCOCC2)cc1. The van der Waals surface area contributed by atoms with Crippen LogP contribution in [0.2, 0.25) is 0 Å². The molecule has 0 radical (unpaired) electrons. The van der Waals surface area contributed by atoms with Gasteiger partial charge in [-0.25, -0.2) is 0 Å². The first-order valence-electron chi connectivity index (χ1n) is 10.1. The Morgan fingerprint density at radius 3 is 2.38 bits per heavy atom. The molecule has 2 aromatic rings. The van der Waals surface area contributed by atoms with Crippen LogP contribution in [0, 0.1) is 19.8 Å². The predicted molar refractivity (Wildman–Crippen MR) is 112 cm³/mol. The maximum absolute atomic E-state index is 13.3. The summed E-state index contributed by atoms with van der Waals surface area (Å²) in [6.45, 7) is 5.15. The zero-order valence-corrected chi connectivity index (χ0v) is 17.1. The minimum absolute atomic E-state index is 0.108. The highest BCUT2D eigenvalue weighted by molar-refractivity contribution is 5.88. The summed E-state index contributed by atoms with van der Waals surface area (Å²) in [6.07, 6.45) is 1.58. The average molecular weight is 395 g/mol. The second-order valence-corrected chi connectivity index (χ2v) is 8.00. The maximum atomic E-state index is 13.3. The number of hydrogen-bond acceptors (Lipinski definition) is 3. The Bertz CT molecular complexity index is 853. The van der Waals surface area contributed by atoms with Gasteiger partial charge in [0.15, 0.2) is 0 Å². The molecule has 0 aliphatic carbocycles. The van der Waals surface area contributed by atoms with E-state index >= 15 is 0 Å². The van der Waals surface area contributed by atoms with Gasteiger partial charge in [0.05, 0.1) is 11.3 Å². The molecule has 0 bridgehead atoms. The molecular weight excluding hydrogens is 366 g/mol. The van der Waals surface area contributed by atoms with E-state index in [2.05, 4.69) is 5.32 Å². The van der Waals surface area contributed by atoms with Gasteiger partial charge in [0, 0.05) is 19.8 Å². The van der Waals surface area contributed by atoms with Crippen molar-refractivity contribution in [3.05, 3.63) is 70.8 Å². The molecule has 5 heteroatoms. The van der Waals surface area contributed by atoms with Crippen LogP contribution in [0.25, 0.3) is 0 Å². The third-order valence-corrected chi connectivity index (χ3v) is 5.81. The number of carbonyl (C=O) groups is 2. The summed E-state index contributed by atoms with van der Waals surface area (Å²) in [6, 6.07) is 15.9. The van der Waals surface area contributed by atoms with E-state index in [0.717, 1.165) is 22.3 Å². The predicted octanol–water partition coefficient (Wildman–Crippen LogP) is 3.41. The number of rotatable bonds is 7. The van der Waals surface area contributed by atoms with Gasteiger partial charge in [0.1, 0.15) is 0 Å². The van der Waals surface area contributed by atoms with E-state index in [1.165, 1.54) is 0 Å². The highest BCUT2D eigenvalue weighted by Gasteiger charge is 2.41. The lowest BCUT2D eigenvalue weighted by Crippen LogP contribution is -2.49. The average Bonchev–Trinajstić information content (AvgIpc) is 2.71. The van der Waals surface area contributed by atoms with Crippen molar-refractivity contribution >= 4 is 11.9 Å². The smallest absolute Gasteiger partial charge is 0.308 e. The minimum atomic E-state index is -0.900. The third-order valence-electron chi connectivity index (χ3n) is 5.81. The molecule has 2 aromatic carbocycles. The molecule has 1 amide bonds. The van der Waals surface area contributed by atoms with E-state index in [0.29, 0.717) is 32.5 Å². The van der Waals surface area contributed by atoms with E-state index in [4.69, 9.17) is 4.74 Å². The standard InChI is InChI=1S/C24H29NO4/c1-17-6-8-21(9-7-17)24(10-12-29-13-11-24)23(28)25-16-20(22(26)27)15-19-5-3-4-18(2)14-19/h3-9,14,20H,10-13,15-16H2,1-2H3,(H,25,28)(H,26,27). The van der Waals surface area contributed by atoms with E-state index in [-0.39, 0.29) is 12.5 Å². The zero-order chi connectivity index (χ0) is 20.9. The van der Waals surface area contributed by atoms with Crippen molar-refractivity contribution in [1.82, 2.24) is 5.32 Å². The highest BCUT2D eigenvalue weighted by Crippen LogP contribution is 2.35. The van der Waals surface area contributed by atoms with E-state index in [1.807, 2.05) is 62.4 Å². The molecule has 0 saturated carbocycles. The zero-order valence-electron chi connectivity index (χ0n) is 17.1. The van der Waals surface area contributed by atoms with Crippen molar-refractivity contribution < 1.29 is 19.4 Å². The summed E-state index contributed by atoms with van der Waals surface area (Å²) >= 11 is 0. The number of carboxylic acid groups (broad SMARTS) is 1. The second kappa shape index (κ2) is 9.23. The molecule has 1 atom stereocenters. The van der Waals surface area contributed by atoms with Gasteiger partial charge >= 0.3 is 5.97 Å². The molecule has 154 valence electrons. The molecule has 1 unspecified atom stereocenters. The number of aryl methyl sites for hydroxylation is 2. The summed E-state index contributed by atoms with van der Waals surface area (Å²) < 4.78 is 5.50. The van der Waals surface area contributed by atoms with Gasteiger partial charge in [-0.1, -0.05) is 59.7 Å². The highest BCUT2D eigenvalue weighted by atomic mass is 16.5. The van der Waals surface area contributed by atoms with Gasteiger partial charge in [-0.2, -0.15) is 0 Å². The topological polar surface area (TPSA) is 75.6 Å². The monoisotopic (exact) mass is 395 g/mol. The van der Waals surface area contributed by atoms with Crippen molar-refractivity contribution in [2.75, 3.05) is 19.8 Å². The number of nitrogens with one attached hydrogen (secondary N) is 1. The Morgan fingerprint density at radius 2 is 1.76 bits per heavy atom. The molecule has 2 N–H and O–H groups in total. The lowest BCUT2D eigenvalue weighted by Gasteiger charge is -2.36. The van der Waals surface area contributed by atoms with Gasteiger partial charge in [-0.3, -0.25) is 9.59 Å². The van der Waals surface area contributed by atoms with Crippen LogP contribution in [-0.2, 0) is 26.2 Å². The van der Waals surface area contributed by atoms with Crippen LogP contribution < -0.4 is 5.32 Å². The van der Waals surface area contributed by atoms with Crippen LogP contribution in [0.15, 0.2) is 48.5 Å². The molecular formula is C24H29NO4. The van der Waals surface area contributed by atoms with E-state index in [9.17, 15) is 14.7 Å².